The van der Waals surface area contributed by atoms with E-state index in [0.29, 0.717) is 0 Å². The molecule has 2 atom stereocenters. The molecule has 2 N–H and O–H groups in total. The minimum Gasteiger partial charge on any atom is -0.386 e. The first-order valence-electron chi connectivity index (χ1n) is 6.17. The lowest BCUT2D eigenvalue weighted by atomic mass is 10.0. The second-order valence-corrected chi connectivity index (χ2v) is 4.58. The number of carbonyl (C=O) groups excluding carboxylic acids is 1. The van der Waals surface area contributed by atoms with Gasteiger partial charge in [-0.1, -0.05) is 6.07 Å². The van der Waals surface area contributed by atoms with Crippen molar-refractivity contribution >= 4 is 5.91 Å². The maximum atomic E-state index is 13.0. The Morgan fingerprint density at radius 3 is 2.50 bits per heavy atom. The number of aliphatic hydroxyl groups excluding tert-OH is 1. The molecule has 1 rings (SSSR count). The minimum atomic E-state index is -4.54. The lowest BCUT2D eigenvalue weighted by molar-refractivity contribution is -0.175. The number of hydrogen-bond acceptors (Lipinski definition) is 3. The topological polar surface area (TPSA) is 58.6 Å². The molecule has 4 nitrogen and oxygen atoms in total. The normalized spacial score (nSPS) is 14.5. The van der Waals surface area contributed by atoms with Crippen LogP contribution in [0, 0.1) is 11.6 Å². The summed E-state index contributed by atoms with van der Waals surface area (Å²) in [5.74, 6) is -3.13. The van der Waals surface area contributed by atoms with E-state index in [-0.39, 0.29) is 5.56 Å². The van der Waals surface area contributed by atoms with Crippen LogP contribution < -0.4 is 5.32 Å². The lowest BCUT2D eigenvalue weighted by Gasteiger charge is -2.21. The van der Waals surface area contributed by atoms with Crippen LogP contribution in [0.3, 0.4) is 0 Å². The van der Waals surface area contributed by atoms with Crippen molar-refractivity contribution in [2.75, 3.05) is 13.2 Å². The van der Waals surface area contributed by atoms with Crippen LogP contribution in [-0.4, -0.2) is 36.4 Å². The molecule has 0 aromatic heterocycles. The van der Waals surface area contributed by atoms with E-state index in [1.54, 1.807) is 0 Å². The summed E-state index contributed by atoms with van der Waals surface area (Å²) >= 11 is 0. The summed E-state index contributed by atoms with van der Waals surface area (Å²) in [5, 5.41) is 12.1. The maximum absolute atomic E-state index is 13.0. The van der Waals surface area contributed by atoms with Crippen LogP contribution >= 0.6 is 0 Å². The number of amides is 1. The smallest absolute Gasteiger partial charge is 0.386 e. The molecule has 2 unspecified atom stereocenters. The highest BCUT2D eigenvalue weighted by Crippen LogP contribution is 2.19. The molecule has 0 heterocycles. The predicted octanol–water partition coefficient (Wildman–Crippen LogP) is 2.08. The Hall–Kier alpha value is -1.74. The molecule has 0 aliphatic carbocycles. The van der Waals surface area contributed by atoms with E-state index in [4.69, 9.17) is 0 Å². The van der Waals surface area contributed by atoms with Gasteiger partial charge in [0.2, 0.25) is 5.91 Å². The number of carbonyl (C=O) groups is 1. The molecule has 0 saturated heterocycles. The molecule has 0 aliphatic heterocycles. The van der Waals surface area contributed by atoms with Gasteiger partial charge in [0, 0.05) is 0 Å². The Kier molecular flexibility index (Phi) is 6.24. The van der Waals surface area contributed by atoms with Gasteiger partial charge in [-0.25, -0.2) is 8.78 Å². The Bertz CT molecular complexity index is 521. The van der Waals surface area contributed by atoms with Crippen molar-refractivity contribution in [3.05, 3.63) is 35.4 Å². The van der Waals surface area contributed by atoms with Crippen molar-refractivity contribution in [2.45, 2.75) is 25.2 Å². The second kappa shape index (κ2) is 7.50. The fourth-order valence-electron chi connectivity index (χ4n) is 1.62. The standard InChI is InChI=1S/C13H14F5NO3/c1-7(19-11(20)5-22-6-13(16,17)18)12(21)8-2-3-9(14)10(15)4-8/h2-4,7,12,21H,5-6H2,1H3,(H,19,20). The third-order valence-electron chi connectivity index (χ3n) is 2.65. The summed E-state index contributed by atoms with van der Waals surface area (Å²) in [7, 11) is 0. The van der Waals surface area contributed by atoms with Gasteiger partial charge >= 0.3 is 6.18 Å². The van der Waals surface area contributed by atoms with E-state index < -0.39 is 49.1 Å². The van der Waals surface area contributed by atoms with Crippen LogP contribution in [0.1, 0.15) is 18.6 Å². The zero-order chi connectivity index (χ0) is 16.9. The van der Waals surface area contributed by atoms with Gasteiger partial charge in [-0.15, -0.1) is 0 Å². The van der Waals surface area contributed by atoms with Gasteiger partial charge in [0.05, 0.1) is 12.1 Å². The van der Waals surface area contributed by atoms with E-state index in [9.17, 15) is 31.9 Å². The molecular weight excluding hydrogens is 313 g/mol. The van der Waals surface area contributed by atoms with Gasteiger partial charge < -0.3 is 15.2 Å². The van der Waals surface area contributed by atoms with E-state index in [1.807, 2.05) is 0 Å². The van der Waals surface area contributed by atoms with Gasteiger partial charge in [-0.05, 0) is 24.6 Å². The highest BCUT2D eigenvalue weighted by Gasteiger charge is 2.28. The van der Waals surface area contributed by atoms with Gasteiger partial charge in [0.15, 0.2) is 11.6 Å². The van der Waals surface area contributed by atoms with Crippen LogP contribution in [0.15, 0.2) is 18.2 Å². The van der Waals surface area contributed by atoms with Crippen molar-refractivity contribution in [2.24, 2.45) is 0 Å². The lowest BCUT2D eigenvalue weighted by Crippen LogP contribution is -2.39. The summed E-state index contributed by atoms with van der Waals surface area (Å²) in [6, 6.07) is 1.77. The fourth-order valence-corrected chi connectivity index (χ4v) is 1.62. The number of ether oxygens (including phenoxy) is 1. The highest BCUT2D eigenvalue weighted by atomic mass is 19.4. The molecule has 1 amide bonds. The van der Waals surface area contributed by atoms with Crippen LogP contribution in [0.25, 0.3) is 0 Å². The summed E-state index contributed by atoms with van der Waals surface area (Å²) in [6.07, 6.45) is -5.90. The number of alkyl halides is 3. The number of nitrogens with one attached hydrogen (secondary N) is 1. The van der Waals surface area contributed by atoms with E-state index in [2.05, 4.69) is 10.1 Å². The number of aliphatic hydroxyl groups is 1. The van der Waals surface area contributed by atoms with Crippen molar-refractivity contribution in [3.8, 4) is 0 Å². The maximum Gasteiger partial charge on any atom is 0.411 e. The molecular formula is C13H14F5NO3. The van der Waals surface area contributed by atoms with E-state index >= 15 is 0 Å². The fraction of sp³-hybridized carbons (Fsp3) is 0.462. The van der Waals surface area contributed by atoms with Crippen molar-refractivity contribution < 1.29 is 36.6 Å². The molecule has 1 aromatic carbocycles. The molecule has 9 heteroatoms. The SMILES string of the molecule is CC(NC(=O)COCC(F)(F)F)C(O)c1ccc(F)c(F)c1. The number of hydrogen-bond donors (Lipinski definition) is 2. The van der Waals surface area contributed by atoms with Crippen LogP contribution in [0.2, 0.25) is 0 Å². The molecule has 0 aliphatic rings. The molecule has 0 bridgehead atoms. The third kappa shape index (κ3) is 5.94. The molecule has 0 saturated carbocycles. The number of benzene rings is 1. The Morgan fingerprint density at radius 2 is 1.95 bits per heavy atom. The first-order valence-corrected chi connectivity index (χ1v) is 6.17. The molecule has 124 valence electrons. The van der Waals surface area contributed by atoms with Gasteiger partial charge in [0.25, 0.3) is 0 Å². The predicted molar refractivity (Wildman–Crippen MR) is 65.8 cm³/mol. The van der Waals surface area contributed by atoms with Gasteiger partial charge in [-0.3, -0.25) is 4.79 Å². The first-order chi connectivity index (χ1) is 10.1. The summed E-state index contributed by atoms with van der Waals surface area (Å²) < 4.78 is 65.4. The summed E-state index contributed by atoms with van der Waals surface area (Å²) in [6.45, 7) is -1.05. The van der Waals surface area contributed by atoms with Crippen molar-refractivity contribution in [1.29, 1.82) is 0 Å². The summed E-state index contributed by atoms with van der Waals surface area (Å²) in [4.78, 5) is 11.3. The number of halogens is 5. The average Bonchev–Trinajstić information content (AvgIpc) is 2.39. The van der Waals surface area contributed by atoms with Crippen LogP contribution in [0.5, 0.6) is 0 Å². The highest BCUT2D eigenvalue weighted by molar-refractivity contribution is 5.77. The monoisotopic (exact) mass is 327 g/mol. The molecule has 1 aromatic rings. The third-order valence-corrected chi connectivity index (χ3v) is 2.65. The van der Waals surface area contributed by atoms with Crippen LogP contribution in [0.4, 0.5) is 22.0 Å². The minimum absolute atomic E-state index is 0.0166. The van der Waals surface area contributed by atoms with Crippen LogP contribution in [-0.2, 0) is 9.53 Å². The van der Waals surface area contributed by atoms with Gasteiger partial charge in [0.1, 0.15) is 13.2 Å². The molecule has 0 radical (unpaired) electrons. The quantitative estimate of drug-likeness (QED) is 0.787. The zero-order valence-corrected chi connectivity index (χ0v) is 11.5. The average molecular weight is 327 g/mol. The summed E-state index contributed by atoms with van der Waals surface area (Å²) in [5.41, 5.74) is 0.0166. The first kappa shape index (κ1) is 18.3. The molecule has 0 fully saturated rings. The van der Waals surface area contributed by atoms with E-state index in [0.717, 1.165) is 18.2 Å². The van der Waals surface area contributed by atoms with Gasteiger partial charge in [-0.2, -0.15) is 13.2 Å². The Morgan fingerprint density at radius 1 is 1.32 bits per heavy atom. The molecule has 0 spiro atoms. The second-order valence-electron chi connectivity index (χ2n) is 4.58. The number of rotatable bonds is 6. The van der Waals surface area contributed by atoms with E-state index in [1.165, 1.54) is 6.92 Å². The largest absolute Gasteiger partial charge is 0.411 e. The van der Waals surface area contributed by atoms with Crippen molar-refractivity contribution in [3.63, 3.8) is 0 Å². The Balaban J connectivity index is 2.51. The zero-order valence-electron chi connectivity index (χ0n) is 11.5. The van der Waals surface area contributed by atoms with Crippen molar-refractivity contribution in [1.82, 2.24) is 5.32 Å². The Labute approximate surface area is 122 Å². The molecule has 22 heavy (non-hydrogen) atoms.